The lowest BCUT2D eigenvalue weighted by atomic mass is 9.97. The molecule has 2 rings (SSSR count). The van der Waals surface area contributed by atoms with Gasteiger partial charge in [0.25, 0.3) is 0 Å². The number of aliphatic imine (C=N–C) groups is 1. The number of rotatable bonds is 4. The highest BCUT2D eigenvalue weighted by Crippen LogP contribution is 2.22. The number of nitrogens with zero attached hydrogens (tertiary/aromatic N) is 2. The molecule has 1 aromatic carbocycles. The van der Waals surface area contributed by atoms with Gasteiger partial charge in [0.2, 0.25) is 0 Å². The maximum Gasteiger partial charge on any atom is 0.308 e. The van der Waals surface area contributed by atoms with Gasteiger partial charge in [0.05, 0.1) is 19.6 Å². The van der Waals surface area contributed by atoms with Crippen molar-refractivity contribution in [1.29, 1.82) is 0 Å². The smallest absolute Gasteiger partial charge is 0.308 e. The molecule has 24 heavy (non-hydrogen) atoms. The van der Waals surface area contributed by atoms with E-state index in [2.05, 4.69) is 15.2 Å². The Morgan fingerprint density at radius 3 is 2.67 bits per heavy atom. The van der Waals surface area contributed by atoms with Gasteiger partial charge in [-0.15, -0.1) is 0 Å². The zero-order chi connectivity index (χ0) is 17.5. The molecular weight excluding hydrogens is 349 g/mol. The lowest BCUT2D eigenvalue weighted by molar-refractivity contribution is -0.146. The first kappa shape index (κ1) is 18.9. The Balaban J connectivity index is 2.02. The van der Waals surface area contributed by atoms with Crippen molar-refractivity contribution >= 4 is 35.1 Å². The molecule has 1 aromatic rings. The predicted molar refractivity (Wildman–Crippen MR) is 97.6 cm³/mol. The molecule has 1 N–H and O–H groups in total. The Hall–Kier alpha value is -1.46. The fourth-order valence-electron chi connectivity index (χ4n) is 2.73. The number of likely N-dealkylation sites (tertiary alicyclic amines) is 1. The van der Waals surface area contributed by atoms with Crippen LogP contribution in [-0.4, -0.2) is 43.6 Å². The fraction of sp³-hybridized carbons (Fsp3) is 0.529. The number of halogens is 2. The highest BCUT2D eigenvalue weighted by atomic mass is 35.5. The monoisotopic (exact) mass is 371 g/mol. The van der Waals surface area contributed by atoms with Crippen molar-refractivity contribution in [2.45, 2.75) is 26.3 Å². The Kier molecular flexibility index (Phi) is 7.18. The van der Waals surface area contributed by atoms with Crippen molar-refractivity contribution in [2.24, 2.45) is 10.9 Å². The minimum absolute atomic E-state index is 0.0140. The van der Waals surface area contributed by atoms with Crippen LogP contribution in [0.4, 0.5) is 0 Å². The van der Waals surface area contributed by atoms with Crippen molar-refractivity contribution in [3.8, 4) is 0 Å². The summed E-state index contributed by atoms with van der Waals surface area (Å²) in [6.45, 7) is 4.85. The number of guanidine groups is 1. The second-order valence-electron chi connectivity index (χ2n) is 5.69. The number of ether oxygens (including phenoxy) is 1. The number of hydrogen-bond acceptors (Lipinski definition) is 3. The molecular formula is C17H23Cl2N3O2. The van der Waals surface area contributed by atoms with Gasteiger partial charge < -0.3 is 15.0 Å². The number of benzene rings is 1. The third kappa shape index (κ3) is 5.02. The molecule has 1 heterocycles. The van der Waals surface area contributed by atoms with E-state index in [4.69, 9.17) is 27.9 Å². The van der Waals surface area contributed by atoms with Crippen molar-refractivity contribution in [3.63, 3.8) is 0 Å². The first-order valence-electron chi connectivity index (χ1n) is 8.10. The topological polar surface area (TPSA) is 53.9 Å². The van der Waals surface area contributed by atoms with Gasteiger partial charge in [0.1, 0.15) is 0 Å². The summed E-state index contributed by atoms with van der Waals surface area (Å²) in [5.74, 6) is 0.705. The summed E-state index contributed by atoms with van der Waals surface area (Å²) < 4.78 is 4.83. The molecule has 132 valence electrons. The van der Waals surface area contributed by atoms with Crippen LogP contribution < -0.4 is 5.32 Å². The van der Waals surface area contributed by atoms with E-state index in [1.54, 1.807) is 6.07 Å². The molecule has 7 heteroatoms. The second-order valence-corrected chi connectivity index (χ2v) is 6.53. The van der Waals surface area contributed by atoms with Gasteiger partial charge in [-0.1, -0.05) is 29.3 Å². The average molecular weight is 372 g/mol. The van der Waals surface area contributed by atoms with Crippen molar-refractivity contribution in [1.82, 2.24) is 10.2 Å². The van der Waals surface area contributed by atoms with Gasteiger partial charge in [0.15, 0.2) is 5.96 Å². The predicted octanol–water partition coefficient (Wildman–Crippen LogP) is 3.34. The summed E-state index contributed by atoms with van der Waals surface area (Å²) in [5, 5.41) is 4.53. The largest absolute Gasteiger partial charge is 0.469 e. The molecule has 0 radical (unpaired) electrons. The molecule has 0 atom stereocenters. The average Bonchev–Trinajstić information content (AvgIpc) is 2.59. The van der Waals surface area contributed by atoms with Crippen molar-refractivity contribution in [3.05, 3.63) is 33.8 Å². The number of carbonyl (C=O) groups excluding carboxylic acids is 1. The van der Waals surface area contributed by atoms with E-state index in [0.29, 0.717) is 16.6 Å². The molecule has 5 nitrogen and oxygen atoms in total. The van der Waals surface area contributed by atoms with Gasteiger partial charge in [-0.2, -0.15) is 0 Å². The molecule has 0 unspecified atom stereocenters. The summed E-state index contributed by atoms with van der Waals surface area (Å²) >= 11 is 12.1. The number of nitrogens with one attached hydrogen (secondary N) is 1. The number of esters is 1. The van der Waals surface area contributed by atoms with Crippen LogP contribution in [0.15, 0.2) is 23.2 Å². The van der Waals surface area contributed by atoms with Crippen LogP contribution in [-0.2, 0) is 16.1 Å². The normalized spacial score (nSPS) is 16.2. The van der Waals surface area contributed by atoms with Crippen LogP contribution in [0.2, 0.25) is 10.0 Å². The van der Waals surface area contributed by atoms with E-state index in [9.17, 15) is 4.79 Å². The van der Waals surface area contributed by atoms with E-state index in [1.165, 1.54) is 7.11 Å². The van der Waals surface area contributed by atoms with Gasteiger partial charge in [-0.3, -0.25) is 4.79 Å². The SMILES string of the molecule is CCNC(=NCc1ccc(Cl)cc1Cl)N1CCC(C(=O)OC)CC1. The summed E-state index contributed by atoms with van der Waals surface area (Å²) in [6, 6.07) is 5.43. The Morgan fingerprint density at radius 2 is 2.08 bits per heavy atom. The first-order chi connectivity index (χ1) is 11.5. The molecule has 1 aliphatic heterocycles. The molecule has 1 aliphatic rings. The van der Waals surface area contributed by atoms with E-state index in [-0.39, 0.29) is 11.9 Å². The van der Waals surface area contributed by atoms with Crippen molar-refractivity contribution in [2.75, 3.05) is 26.7 Å². The third-order valence-electron chi connectivity index (χ3n) is 4.08. The molecule has 0 spiro atoms. The molecule has 0 aromatic heterocycles. The molecule has 1 saturated heterocycles. The summed E-state index contributed by atoms with van der Waals surface area (Å²) in [5.41, 5.74) is 0.931. The Labute approximate surface area is 153 Å². The van der Waals surface area contributed by atoms with E-state index in [0.717, 1.165) is 44.0 Å². The van der Waals surface area contributed by atoms with Crippen LogP contribution in [0.5, 0.6) is 0 Å². The number of piperidine rings is 1. The lowest BCUT2D eigenvalue weighted by Gasteiger charge is -2.33. The first-order valence-corrected chi connectivity index (χ1v) is 8.85. The fourth-order valence-corrected chi connectivity index (χ4v) is 3.20. The molecule has 0 aliphatic carbocycles. The molecule has 0 saturated carbocycles. The van der Waals surface area contributed by atoms with E-state index >= 15 is 0 Å². The van der Waals surface area contributed by atoms with Crippen molar-refractivity contribution < 1.29 is 9.53 Å². The standard InChI is InChI=1S/C17H23Cl2N3O2/c1-3-20-17(21-11-13-4-5-14(18)10-15(13)19)22-8-6-12(7-9-22)16(23)24-2/h4-5,10,12H,3,6-9,11H2,1-2H3,(H,20,21). The van der Waals surface area contributed by atoms with E-state index in [1.807, 2.05) is 19.1 Å². The van der Waals surface area contributed by atoms with Crippen LogP contribution in [0.3, 0.4) is 0 Å². The summed E-state index contributed by atoms with van der Waals surface area (Å²) in [7, 11) is 1.44. The minimum Gasteiger partial charge on any atom is -0.469 e. The minimum atomic E-state index is -0.121. The molecule has 0 amide bonds. The van der Waals surface area contributed by atoms with Crippen LogP contribution in [0.1, 0.15) is 25.3 Å². The number of hydrogen-bond donors (Lipinski definition) is 1. The highest BCUT2D eigenvalue weighted by Gasteiger charge is 2.26. The Bertz CT molecular complexity index is 599. The van der Waals surface area contributed by atoms with Crippen LogP contribution >= 0.6 is 23.2 Å². The zero-order valence-electron chi connectivity index (χ0n) is 14.0. The second kappa shape index (κ2) is 9.14. The number of methoxy groups -OCH3 is 1. The van der Waals surface area contributed by atoms with E-state index < -0.39 is 0 Å². The number of carbonyl (C=O) groups is 1. The van der Waals surface area contributed by atoms with Gasteiger partial charge in [-0.25, -0.2) is 4.99 Å². The van der Waals surface area contributed by atoms with Gasteiger partial charge in [0, 0.05) is 29.7 Å². The quantitative estimate of drug-likeness (QED) is 0.500. The zero-order valence-corrected chi connectivity index (χ0v) is 15.5. The maximum absolute atomic E-state index is 11.6. The maximum atomic E-state index is 11.6. The van der Waals surface area contributed by atoms with Gasteiger partial charge >= 0.3 is 5.97 Å². The Morgan fingerprint density at radius 1 is 1.38 bits per heavy atom. The lowest BCUT2D eigenvalue weighted by Crippen LogP contribution is -2.46. The van der Waals surface area contributed by atoms with Gasteiger partial charge in [-0.05, 0) is 37.5 Å². The van der Waals surface area contributed by atoms with Crippen LogP contribution in [0, 0.1) is 5.92 Å². The molecule has 1 fully saturated rings. The van der Waals surface area contributed by atoms with Crippen LogP contribution in [0.25, 0.3) is 0 Å². The summed E-state index contributed by atoms with van der Waals surface area (Å²) in [4.78, 5) is 18.5. The summed E-state index contributed by atoms with van der Waals surface area (Å²) in [6.07, 6.45) is 1.55. The highest BCUT2D eigenvalue weighted by molar-refractivity contribution is 6.35. The third-order valence-corrected chi connectivity index (χ3v) is 4.67. The molecule has 0 bridgehead atoms.